The molecule has 0 aromatic carbocycles. The first-order valence-electron chi connectivity index (χ1n) is 7.37. The van der Waals surface area contributed by atoms with Crippen LogP contribution >= 0.6 is 11.6 Å². The maximum absolute atomic E-state index is 12.1. The van der Waals surface area contributed by atoms with Crippen molar-refractivity contribution in [1.29, 1.82) is 0 Å². The summed E-state index contributed by atoms with van der Waals surface area (Å²) in [6.07, 6.45) is 2.29. The van der Waals surface area contributed by atoms with E-state index in [-0.39, 0.29) is 12.1 Å². The fourth-order valence-electron chi connectivity index (χ4n) is 2.30. The predicted octanol–water partition coefficient (Wildman–Crippen LogP) is 2.88. The zero-order chi connectivity index (χ0) is 16.5. The molecule has 6 nitrogen and oxygen atoms in total. The largest absolute Gasteiger partial charge is 0.444 e. The number of rotatable bonds is 2. The Morgan fingerprint density at radius 1 is 1.50 bits per heavy atom. The van der Waals surface area contributed by atoms with Crippen molar-refractivity contribution in [1.82, 2.24) is 14.9 Å². The monoisotopic (exact) mass is 326 g/mol. The summed E-state index contributed by atoms with van der Waals surface area (Å²) >= 11 is 6.05. The average molecular weight is 327 g/mol. The second-order valence-corrected chi connectivity index (χ2v) is 6.98. The Bertz CT molecular complexity index is 559. The highest BCUT2D eigenvalue weighted by Gasteiger charge is 2.32. The van der Waals surface area contributed by atoms with Crippen molar-refractivity contribution >= 4 is 23.6 Å². The van der Waals surface area contributed by atoms with Crippen molar-refractivity contribution in [3.8, 4) is 0 Å². The number of likely N-dealkylation sites (N-methyl/N-ethyl adjacent to an activating group) is 1. The second kappa shape index (κ2) is 6.28. The van der Waals surface area contributed by atoms with Crippen LogP contribution in [0.25, 0.3) is 0 Å². The summed E-state index contributed by atoms with van der Waals surface area (Å²) in [6, 6.07) is 0.159. The Morgan fingerprint density at radius 3 is 2.77 bits per heavy atom. The number of ether oxygens (including phenoxy) is 1. The van der Waals surface area contributed by atoms with Crippen LogP contribution in [0, 0.1) is 6.92 Å². The van der Waals surface area contributed by atoms with Crippen LogP contribution in [0.2, 0.25) is 5.15 Å². The van der Waals surface area contributed by atoms with Crippen molar-refractivity contribution in [2.45, 2.75) is 45.8 Å². The van der Waals surface area contributed by atoms with Crippen molar-refractivity contribution in [3.63, 3.8) is 0 Å². The van der Waals surface area contributed by atoms with Crippen molar-refractivity contribution in [2.24, 2.45) is 0 Å². The lowest BCUT2D eigenvalue weighted by molar-refractivity contribution is 0.0292. The van der Waals surface area contributed by atoms with Gasteiger partial charge in [0.15, 0.2) is 0 Å². The Morgan fingerprint density at radius 2 is 2.18 bits per heavy atom. The lowest BCUT2D eigenvalue weighted by Gasteiger charge is -2.26. The van der Waals surface area contributed by atoms with Gasteiger partial charge in [-0.2, -0.15) is 0 Å². The maximum atomic E-state index is 12.1. The highest BCUT2D eigenvalue weighted by molar-refractivity contribution is 6.30. The Labute approximate surface area is 136 Å². The number of hydrogen-bond donors (Lipinski definition) is 0. The van der Waals surface area contributed by atoms with Crippen LogP contribution in [0.5, 0.6) is 0 Å². The number of carbonyl (C=O) groups excluding carboxylic acids is 1. The molecule has 1 saturated heterocycles. The first-order chi connectivity index (χ1) is 10.2. The molecule has 1 fully saturated rings. The van der Waals surface area contributed by atoms with Crippen LogP contribution in [0.15, 0.2) is 6.20 Å². The van der Waals surface area contributed by atoms with Gasteiger partial charge < -0.3 is 14.5 Å². The van der Waals surface area contributed by atoms with Crippen molar-refractivity contribution in [2.75, 3.05) is 25.0 Å². The highest BCUT2D eigenvalue weighted by atomic mass is 35.5. The van der Waals surface area contributed by atoms with Gasteiger partial charge in [0.1, 0.15) is 10.8 Å². The molecule has 0 spiro atoms. The quantitative estimate of drug-likeness (QED) is 0.782. The van der Waals surface area contributed by atoms with E-state index < -0.39 is 5.60 Å². The number of anilines is 1. The van der Waals surface area contributed by atoms with Gasteiger partial charge in [0, 0.05) is 31.9 Å². The van der Waals surface area contributed by atoms with Gasteiger partial charge in [-0.3, -0.25) is 0 Å². The molecule has 2 heterocycles. The smallest absolute Gasteiger partial charge is 0.410 e. The molecule has 0 aliphatic carbocycles. The fraction of sp³-hybridized carbons (Fsp3) is 0.667. The number of nitrogens with zero attached hydrogens (tertiary/aromatic N) is 4. The minimum Gasteiger partial charge on any atom is -0.444 e. The summed E-state index contributed by atoms with van der Waals surface area (Å²) < 4.78 is 5.41. The minimum atomic E-state index is -0.478. The number of halogens is 1. The summed E-state index contributed by atoms with van der Waals surface area (Å²) in [5, 5.41) is 0.457. The molecule has 2 rings (SSSR count). The lowest BCUT2D eigenvalue weighted by atomic mass is 10.2. The zero-order valence-corrected chi connectivity index (χ0v) is 14.5. The van der Waals surface area contributed by atoms with Crippen LogP contribution in [0.3, 0.4) is 0 Å². The molecule has 0 N–H and O–H groups in total. The lowest BCUT2D eigenvalue weighted by Crippen LogP contribution is -2.39. The van der Waals surface area contributed by atoms with Gasteiger partial charge in [-0.25, -0.2) is 14.8 Å². The molecular formula is C15H23ClN4O2. The van der Waals surface area contributed by atoms with Crippen molar-refractivity contribution in [3.05, 3.63) is 16.9 Å². The maximum Gasteiger partial charge on any atom is 0.410 e. The predicted molar refractivity (Wildman–Crippen MR) is 86.4 cm³/mol. The number of likely N-dealkylation sites (tertiary alicyclic amines) is 1. The van der Waals surface area contributed by atoms with Gasteiger partial charge in [0.2, 0.25) is 5.95 Å². The summed E-state index contributed by atoms with van der Waals surface area (Å²) in [5.74, 6) is 0.576. The molecule has 22 heavy (non-hydrogen) atoms. The first-order valence-corrected chi connectivity index (χ1v) is 7.75. The molecule has 1 amide bonds. The van der Waals surface area contributed by atoms with Gasteiger partial charge in [0.05, 0.1) is 6.04 Å². The zero-order valence-electron chi connectivity index (χ0n) is 13.8. The Balaban J connectivity index is 2.00. The summed E-state index contributed by atoms with van der Waals surface area (Å²) in [6.45, 7) is 8.74. The number of carbonyl (C=O) groups is 1. The number of amides is 1. The third kappa shape index (κ3) is 4.00. The summed E-state index contributed by atoms with van der Waals surface area (Å²) in [5.41, 5.74) is 0.370. The molecule has 0 bridgehead atoms. The van der Waals surface area contributed by atoms with Crippen LogP contribution in [-0.4, -0.2) is 52.7 Å². The summed E-state index contributed by atoms with van der Waals surface area (Å²) in [7, 11) is 1.92. The van der Waals surface area contributed by atoms with Gasteiger partial charge in [-0.05, 0) is 34.1 Å². The molecule has 122 valence electrons. The van der Waals surface area contributed by atoms with Crippen LogP contribution < -0.4 is 4.90 Å². The van der Waals surface area contributed by atoms with Crippen LogP contribution in [0.4, 0.5) is 10.7 Å². The standard InChI is InChI=1S/C15H23ClN4O2/c1-10-8-17-13(18-12(10)16)19(5)11-6-7-20(9-11)14(21)22-15(2,3)4/h8,11H,6-7,9H2,1-5H3/t11-/m0/s1. The Hall–Kier alpha value is -1.56. The second-order valence-electron chi connectivity index (χ2n) is 6.62. The number of aryl methyl sites for hydroxylation is 1. The van der Waals surface area contributed by atoms with E-state index in [0.29, 0.717) is 24.2 Å². The van der Waals surface area contributed by atoms with E-state index in [9.17, 15) is 4.79 Å². The molecule has 0 saturated carbocycles. The molecule has 1 aromatic rings. The van der Waals surface area contributed by atoms with Crippen molar-refractivity contribution < 1.29 is 9.53 Å². The third-order valence-corrected chi connectivity index (χ3v) is 3.96. The van der Waals surface area contributed by atoms with E-state index in [1.165, 1.54) is 0 Å². The molecular weight excluding hydrogens is 304 g/mol. The fourth-order valence-corrected chi connectivity index (χ4v) is 2.42. The summed E-state index contributed by atoms with van der Waals surface area (Å²) in [4.78, 5) is 24.4. The topological polar surface area (TPSA) is 58.6 Å². The molecule has 0 radical (unpaired) electrons. The van der Waals surface area contributed by atoms with E-state index in [4.69, 9.17) is 16.3 Å². The van der Waals surface area contributed by atoms with E-state index in [1.807, 2.05) is 39.6 Å². The Kier molecular flexibility index (Phi) is 4.80. The van der Waals surface area contributed by atoms with E-state index in [0.717, 1.165) is 12.0 Å². The van der Waals surface area contributed by atoms with Gasteiger partial charge in [-0.1, -0.05) is 11.6 Å². The number of hydrogen-bond acceptors (Lipinski definition) is 5. The number of aromatic nitrogens is 2. The SMILES string of the molecule is Cc1cnc(N(C)[C@H]2CCN(C(=O)OC(C)(C)C)C2)nc1Cl. The van der Waals surface area contributed by atoms with E-state index >= 15 is 0 Å². The normalized spacial score (nSPS) is 18.5. The first kappa shape index (κ1) is 16.8. The molecule has 1 aromatic heterocycles. The van der Waals surface area contributed by atoms with Gasteiger partial charge in [0.25, 0.3) is 0 Å². The molecule has 7 heteroatoms. The van der Waals surface area contributed by atoms with E-state index in [1.54, 1.807) is 11.1 Å². The molecule has 1 aliphatic rings. The van der Waals surface area contributed by atoms with Crippen LogP contribution in [0.1, 0.15) is 32.8 Å². The molecule has 0 unspecified atom stereocenters. The van der Waals surface area contributed by atoms with Gasteiger partial charge >= 0.3 is 6.09 Å². The molecule has 1 aliphatic heterocycles. The molecule has 1 atom stereocenters. The minimum absolute atomic E-state index is 0.159. The average Bonchev–Trinajstić information content (AvgIpc) is 2.89. The highest BCUT2D eigenvalue weighted by Crippen LogP contribution is 2.22. The van der Waals surface area contributed by atoms with Crippen LogP contribution in [-0.2, 0) is 4.74 Å². The van der Waals surface area contributed by atoms with E-state index in [2.05, 4.69) is 9.97 Å². The van der Waals surface area contributed by atoms with Gasteiger partial charge in [-0.15, -0.1) is 0 Å². The third-order valence-electron chi connectivity index (χ3n) is 3.58.